The summed E-state index contributed by atoms with van der Waals surface area (Å²) in [6.45, 7) is 2.05. The highest BCUT2D eigenvalue weighted by Crippen LogP contribution is 2.29. The number of ether oxygens (including phenoxy) is 1. The number of rotatable bonds is 7. The number of hydrogen-bond acceptors (Lipinski definition) is 5. The third-order valence-electron chi connectivity index (χ3n) is 3.20. The van der Waals surface area contributed by atoms with Crippen LogP contribution in [0.25, 0.3) is 0 Å². The second kappa shape index (κ2) is 6.78. The predicted molar refractivity (Wildman–Crippen MR) is 79.8 cm³/mol. The van der Waals surface area contributed by atoms with E-state index in [-0.39, 0.29) is 11.7 Å². The van der Waals surface area contributed by atoms with E-state index in [1.807, 2.05) is 19.1 Å². The molecule has 1 atom stereocenters. The first-order valence-corrected chi connectivity index (χ1v) is 6.71. The molecule has 6 heteroatoms. The van der Waals surface area contributed by atoms with Gasteiger partial charge in [-0.25, -0.2) is 0 Å². The lowest BCUT2D eigenvalue weighted by Gasteiger charge is -2.17. The summed E-state index contributed by atoms with van der Waals surface area (Å²) in [6.07, 6.45) is 3.37. The minimum absolute atomic E-state index is 0.0145. The van der Waals surface area contributed by atoms with Crippen LogP contribution in [0.3, 0.4) is 0 Å². The highest BCUT2D eigenvalue weighted by atomic mass is 16.6. The molecule has 1 aromatic carbocycles. The van der Waals surface area contributed by atoms with Gasteiger partial charge in [0.1, 0.15) is 11.5 Å². The van der Waals surface area contributed by atoms with E-state index in [4.69, 9.17) is 9.15 Å². The largest absolute Gasteiger partial charge is 0.494 e. The number of anilines is 1. The fraction of sp³-hybridized carbons (Fsp3) is 0.333. The molecule has 0 fully saturated rings. The molecule has 1 unspecified atom stereocenters. The van der Waals surface area contributed by atoms with Crippen LogP contribution in [0.5, 0.6) is 5.75 Å². The predicted octanol–water partition coefficient (Wildman–Crippen LogP) is 3.63. The average Bonchev–Trinajstić information content (AvgIpc) is 2.98. The monoisotopic (exact) mass is 290 g/mol. The molecule has 112 valence electrons. The van der Waals surface area contributed by atoms with E-state index in [1.165, 1.54) is 19.2 Å². The molecule has 0 radical (unpaired) electrons. The Morgan fingerprint density at radius 2 is 2.24 bits per heavy atom. The van der Waals surface area contributed by atoms with Gasteiger partial charge in [0.05, 0.1) is 30.1 Å². The molecule has 0 spiro atoms. The van der Waals surface area contributed by atoms with Crippen LogP contribution >= 0.6 is 0 Å². The first kappa shape index (κ1) is 14.9. The summed E-state index contributed by atoms with van der Waals surface area (Å²) in [6, 6.07) is 8.54. The van der Waals surface area contributed by atoms with Crippen LogP contribution in [0.4, 0.5) is 11.4 Å². The van der Waals surface area contributed by atoms with Crippen molar-refractivity contribution in [1.82, 2.24) is 0 Å². The quantitative estimate of drug-likeness (QED) is 0.622. The van der Waals surface area contributed by atoms with Crippen LogP contribution < -0.4 is 10.1 Å². The third kappa shape index (κ3) is 3.98. The summed E-state index contributed by atoms with van der Waals surface area (Å²) in [4.78, 5) is 10.3. The van der Waals surface area contributed by atoms with E-state index < -0.39 is 4.92 Å². The molecule has 2 aromatic rings. The number of non-ortho nitro benzene ring substituents is 1. The number of hydrogen-bond donors (Lipinski definition) is 1. The Labute approximate surface area is 122 Å². The van der Waals surface area contributed by atoms with Crippen LogP contribution in [-0.4, -0.2) is 18.1 Å². The second-order valence-corrected chi connectivity index (χ2v) is 4.81. The second-order valence-electron chi connectivity index (χ2n) is 4.81. The molecule has 0 bridgehead atoms. The van der Waals surface area contributed by atoms with Crippen molar-refractivity contribution < 1.29 is 14.1 Å². The standard InChI is InChI=1S/C15H18N2O4/c1-11(5-7-13-4-3-9-21-13)16-14-8-6-12(17(18)19)10-15(14)20-2/h3-4,6,8-11,16H,5,7H2,1-2H3. The Hall–Kier alpha value is -2.50. The molecule has 0 amide bonds. The first-order valence-electron chi connectivity index (χ1n) is 6.71. The molecule has 6 nitrogen and oxygen atoms in total. The number of benzene rings is 1. The molecule has 2 rings (SSSR count). The zero-order valence-electron chi connectivity index (χ0n) is 12.0. The van der Waals surface area contributed by atoms with Crippen molar-refractivity contribution in [3.8, 4) is 5.75 Å². The number of furan rings is 1. The van der Waals surface area contributed by atoms with Crippen LogP contribution in [0.1, 0.15) is 19.1 Å². The van der Waals surface area contributed by atoms with E-state index in [0.29, 0.717) is 5.75 Å². The van der Waals surface area contributed by atoms with Crippen molar-refractivity contribution in [1.29, 1.82) is 0 Å². The van der Waals surface area contributed by atoms with Gasteiger partial charge >= 0.3 is 0 Å². The van der Waals surface area contributed by atoms with Crippen molar-refractivity contribution in [2.75, 3.05) is 12.4 Å². The van der Waals surface area contributed by atoms with Crippen molar-refractivity contribution in [2.24, 2.45) is 0 Å². The van der Waals surface area contributed by atoms with Gasteiger partial charge in [-0.15, -0.1) is 0 Å². The summed E-state index contributed by atoms with van der Waals surface area (Å²) in [5.74, 6) is 1.41. The fourth-order valence-electron chi connectivity index (χ4n) is 2.06. The topological polar surface area (TPSA) is 77.5 Å². The summed E-state index contributed by atoms with van der Waals surface area (Å²) >= 11 is 0. The highest BCUT2D eigenvalue weighted by molar-refractivity contribution is 5.61. The molecule has 1 N–H and O–H groups in total. The van der Waals surface area contributed by atoms with E-state index in [9.17, 15) is 10.1 Å². The Balaban J connectivity index is 1.99. The van der Waals surface area contributed by atoms with Crippen LogP contribution in [0.15, 0.2) is 41.0 Å². The number of aryl methyl sites for hydroxylation is 1. The molecule has 21 heavy (non-hydrogen) atoms. The molecule has 0 saturated heterocycles. The molecule has 1 aromatic heterocycles. The van der Waals surface area contributed by atoms with Gasteiger partial charge in [0.25, 0.3) is 5.69 Å². The Kier molecular flexibility index (Phi) is 4.81. The Bertz CT molecular complexity index is 596. The highest BCUT2D eigenvalue weighted by Gasteiger charge is 2.13. The number of nitro groups is 1. The summed E-state index contributed by atoms with van der Waals surface area (Å²) in [7, 11) is 1.50. The molecular weight excluding hydrogens is 272 g/mol. The van der Waals surface area contributed by atoms with Gasteiger partial charge in [-0.05, 0) is 31.5 Å². The van der Waals surface area contributed by atoms with Gasteiger partial charge in [0.15, 0.2) is 0 Å². The maximum absolute atomic E-state index is 10.8. The minimum atomic E-state index is -0.438. The molecule has 0 saturated carbocycles. The van der Waals surface area contributed by atoms with E-state index in [0.717, 1.165) is 24.3 Å². The third-order valence-corrected chi connectivity index (χ3v) is 3.20. The van der Waals surface area contributed by atoms with Crippen LogP contribution in [0, 0.1) is 10.1 Å². The molecule has 0 aliphatic rings. The average molecular weight is 290 g/mol. The van der Waals surface area contributed by atoms with E-state index >= 15 is 0 Å². The Morgan fingerprint density at radius 1 is 1.43 bits per heavy atom. The minimum Gasteiger partial charge on any atom is -0.494 e. The zero-order valence-corrected chi connectivity index (χ0v) is 12.0. The fourth-order valence-corrected chi connectivity index (χ4v) is 2.06. The van der Waals surface area contributed by atoms with Gasteiger partial charge in [0, 0.05) is 18.5 Å². The lowest BCUT2D eigenvalue weighted by molar-refractivity contribution is -0.384. The lowest BCUT2D eigenvalue weighted by Crippen LogP contribution is -2.16. The van der Waals surface area contributed by atoms with Gasteiger partial charge in [-0.3, -0.25) is 10.1 Å². The van der Waals surface area contributed by atoms with Gasteiger partial charge < -0.3 is 14.5 Å². The number of nitrogens with one attached hydrogen (secondary N) is 1. The normalized spacial score (nSPS) is 11.9. The van der Waals surface area contributed by atoms with Gasteiger partial charge in [-0.2, -0.15) is 0 Å². The number of nitrogens with zero attached hydrogens (tertiary/aromatic N) is 1. The van der Waals surface area contributed by atoms with Gasteiger partial charge in [-0.1, -0.05) is 0 Å². The van der Waals surface area contributed by atoms with Crippen molar-refractivity contribution in [3.63, 3.8) is 0 Å². The zero-order chi connectivity index (χ0) is 15.2. The molecule has 0 aliphatic carbocycles. The van der Waals surface area contributed by atoms with Crippen molar-refractivity contribution in [3.05, 3.63) is 52.5 Å². The summed E-state index contributed by atoms with van der Waals surface area (Å²) < 4.78 is 10.5. The SMILES string of the molecule is COc1cc([N+](=O)[O-])ccc1NC(C)CCc1ccco1. The Morgan fingerprint density at radius 3 is 2.86 bits per heavy atom. The molecular formula is C15H18N2O4. The van der Waals surface area contributed by atoms with Crippen LogP contribution in [-0.2, 0) is 6.42 Å². The van der Waals surface area contributed by atoms with Gasteiger partial charge in [0.2, 0.25) is 0 Å². The van der Waals surface area contributed by atoms with Crippen molar-refractivity contribution in [2.45, 2.75) is 25.8 Å². The van der Waals surface area contributed by atoms with Crippen LogP contribution in [0.2, 0.25) is 0 Å². The number of methoxy groups -OCH3 is 1. The smallest absolute Gasteiger partial charge is 0.273 e. The first-order chi connectivity index (χ1) is 10.1. The van der Waals surface area contributed by atoms with Crippen molar-refractivity contribution >= 4 is 11.4 Å². The number of nitro benzene ring substituents is 1. The maximum atomic E-state index is 10.8. The van der Waals surface area contributed by atoms with E-state index in [1.54, 1.807) is 12.3 Å². The molecule has 0 aliphatic heterocycles. The lowest BCUT2D eigenvalue weighted by atomic mass is 10.1. The maximum Gasteiger partial charge on any atom is 0.273 e. The summed E-state index contributed by atoms with van der Waals surface area (Å²) in [5, 5.41) is 14.1. The summed E-state index contributed by atoms with van der Waals surface area (Å²) in [5.41, 5.74) is 0.760. The molecule has 1 heterocycles. The van der Waals surface area contributed by atoms with E-state index in [2.05, 4.69) is 5.32 Å².